The van der Waals surface area contributed by atoms with Gasteiger partial charge < -0.3 is 11.1 Å². The fourth-order valence-electron chi connectivity index (χ4n) is 2.55. The highest BCUT2D eigenvalue weighted by atomic mass is 79.9. The number of thiophene rings is 1. The van der Waals surface area contributed by atoms with Crippen LogP contribution in [0, 0.1) is 5.92 Å². The lowest BCUT2D eigenvalue weighted by atomic mass is 9.84. The summed E-state index contributed by atoms with van der Waals surface area (Å²) in [6, 6.07) is 1.69. The van der Waals surface area contributed by atoms with Crippen molar-refractivity contribution in [2.24, 2.45) is 11.7 Å². The van der Waals surface area contributed by atoms with Crippen molar-refractivity contribution < 1.29 is 4.79 Å². The normalized spacial score (nSPS) is 17.9. The molecule has 1 heterocycles. The van der Waals surface area contributed by atoms with E-state index in [4.69, 9.17) is 18.0 Å². The van der Waals surface area contributed by atoms with Crippen molar-refractivity contribution in [3.05, 3.63) is 20.8 Å². The van der Waals surface area contributed by atoms with Crippen LogP contribution in [0.1, 0.15) is 41.8 Å². The van der Waals surface area contributed by atoms with Crippen LogP contribution in [-0.4, -0.2) is 16.9 Å². The second kappa shape index (κ2) is 6.81. The molecule has 3 N–H and O–H groups in total. The van der Waals surface area contributed by atoms with Gasteiger partial charge in [-0.1, -0.05) is 31.5 Å². The molecule has 6 heteroatoms. The van der Waals surface area contributed by atoms with Crippen LogP contribution in [0.3, 0.4) is 0 Å². The van der Waals surface area contributed by atoms with Gasteiger partial charge >= 0.3 is 0 Å². The van der Waals surface area contributed by atoms with E-state index < -0.39 is 0 Å². The van der Waals surface area contributed by atoms with Crippen LogP contribution in [0.4, 0.5) is 0 Å². The van der Waals surface area contributed by atoms with E-state index in [1.807, 2.05) is 11.4 Å². The molecular formula is C13H17BrN2OS2. The monoisotopic (exact) mass is 360 g/mol. The van der Waals surface area contributed by atoms with Gasteiger partial charge in [0.05, 0.1) is 11.0 Å². The summed E-state index contributed by atoms with van der Waals surface area (Å²) in [4.78, 5) is 13.3. The van der Waals surface area contributed by atoms with Gasteiger partial charge in [-0.3, -0.25) is 4.79 Å². The van der Waals surface area contributed by atoms with Crippen molar-refractivity contribution in [3.8, 4) is 0 Å². The number of hydrogen-bond donors (Lipinski definition) is 2. The number of thiocarbonyl (C=S) groups is 1. The molecule has 1 aromatic heterocycles. The Morgan fingerprint density at radius 3 is 2.68 bits per heavy atom. The molecule has 1 aromatic rings. The van der Waals surface area contributed by atoms with Crippen molar-refractivity contribution >= 4 is 50.4 Å². The Hall–Kier alpha value is -0.460. The zero-order valence-corrected chi connectivity index (χ0v) is 13.7. The summed E-state index contributed by atoms with van der Waals surface area (Å²) in [6.45, 7) is 0. The van der Waals surface area contributed by atoms with Crippen LogP contribution in [0.25, 0.3) is 0 Å². The first kappa shape index (κ1) is 14.9. The summed E-state index contributed by atoms with van der Waals surface area (Å²) < 4.78 is 0.820. The Kier molecular flexibility index (Phi) is 5.36. The first-order valence-corrected chi connectivity index (χ1v) is 8.51. The minimum atomic E-state index is -0.184. The lowest BCUT2D eigenvalue weighted by molar-refractivity contribution is 0.0935. The van der Waals surface area contributed by atoms with Gasteiger partial charge in [0.25, 0.3) is 5.91 Å². The van der Waals surface area contributed by atoms with Gasteiger partial charge in [0, 0.05) is 4.47 Å². The minimum Gasteiger partial charge on any atom is -0.392 e. The minimum absolute atomic E-state index is 0.0924. The predicted octanol–water partition coefficient (Wildman–Crippen LogP) is 3.48. The summed E-state index contributed by atoms with van der Waals surface area (Å²) in [7, 11) is 0. The number of amides is 1. The molecule has 1 atom stereocenters. The van der Waals surface area contributed by atoms with Gasteiger partial charge in [-0.05, 0) is 46.1 Å². The van der Waals surface area contributed by atoms with E-state index in [0.717, 1.165) is 17.3 Å². The Morgan fingerprint density at radius 2 is 2.16 bits per heavy atom. The second-order valence-electron chi connectivity index (χ2n) is 4.85. The number of nitrogens with one attached hydrogen (secondary N) is 1. The third-order valence-electron chi connectivity index (χ3n) is 3.54. The number of halogens is 1. The topological polar surface area (TPSA) is 55.1 Å². The average Bonchev–Trinajstić information content (AvgIpc) is 2.82. The summed E-state index contributed by atoms with van der Waals surface area (Å²) >= 11 is 9.92. The van der Waals surface area contributed by atoms with E-state index in [2.05, 4.69) is 21.2 Å². The van der Waals surface area contributed by atoms with E-state index in [0.29, 0.717) is 15.8 Å². The maximum Gasteiger partial charge on any atom is 0.263 e. The quantitative estimate of drug-likeness (QED) is 0.808. The highest BCUT2D eigenvalue weighted by Crippen LogP contribution is 2.28. The number of carbonyl (C=O) groups excluding carboxylic acids is 1. The Morgan fingerprint density at radius 1 is 1.47 bits per heavy atom. The highest BCUT2D eigenvalue weighted by Gasteiger charge is 2.28. The molecule has 2 rings (SSSR count). The average molecular weight is 361 g/mol. The zero-order chi connectivity index (χ0) is 13.8. The van der Waals surface area contributed by atoms with E-state index in [9.17, 15) is 4.79 Å². The van der Waals surface area contributed by atoms with Crippen LogP contribution >= 0.6 is 39.5 Å². The van der Waals surface area contributed by atoms with Crippen molar-refractivity contribution in [3.63, 3.8) is 0 Å². The van der Waals surface area contributed by atoms with Crippen molar-refractivity contribution in [1.29, 1.82) is 0 Å². The van der Waals surface area contributed by atoms with E-state index >= 15 is 0 Å². The standard InChI is InChI=1S/C13H17BrN2OS2/c14-9-6-7-19-11(9)13(17)16-10(12(15)18)8-4-2-1-3-5-8/h6-8,10H,1-5H2,(H2,15,18)(H,16,17). The predicted molar refractivity (Wildman–Crippen MR) is 86.6 cm³/mol. The number of nitrogens with two attached hydrogens (primary N) is 1. The molecule has 0 aliphatic heterocycles. The number of rotatable bonds is 4. The molecule has 1 aliphatic carbocycles. The molecule has 1 saturated carbocycles. The van der Waals surface area contributed by atoms with E-state index in [1.165, 1.54) is 30.6 Å². The van der Waals surface area contributed by atoms with Crippen LogP contribution < -0.4 is 11.1 Å². The molecule has 0 aromatic carbocycles. The van der Waals surface area contributed by atoms with Crippen LogP contribution in [0.2, 0.25) is 0 Å². The number of carbonyl (C=O) groups is 1. The largest absolute Gasteiger partial charge is 0.392 e. The van der Waals surface area contributed by atoms with Crippen LogP contribution in [-0.2, 0) is 0 Å². The third kappa shape index (κ3) is 3.77. The van der Waals surface area contributed by atoms with E-state index in [1.54, 1.807) is 0 Å². The van der Waals surface area contributed by atoms with Gasteiger partial charge in [0.15, 0.2) is 0 Å². The first-order valence-electron chi connectivity index (χ1n) is 6.42. The van der Waals surface area contributed by atoms with Crippen molar-refractivity contribution in [1.82, 2.24) is 5.32 Å². The third-order valence-corrected chi connectivity index (χ3v) is 5.63. The Labute approximate surface area is 131 Å². The van der Waals surface area contributed by atoms with Crippen LogP contribution in [0.5, 0.6) is 0 Å². The fourth-order valence-corrected chi connectivity index (χ4v) is 4.26. The molecule has 1 unspecified atom stereocenters. The smallest absolute Gasteiger partial charge is 0.263 e. The molecule has 1 aliphatic rings. The molecule has 0 saturated heterocycles. The van der Waals surface area contributed by atoms with Gasteiger partial charge in [-0.25, -0.2) is 0 Å². The van der Waals surface area contributed by atoms with Crippen molar-refractivity contribution in [2.45, 2.75) is 38.1 Å². The zero-order valence-electron chi connectivity index (χ0n) is 10.5. The Balaban J connectivity index is 2.06. The van der Waals surface area contributed by atoms with Gasteiger partial charge in [0.1, 0.15) is 4.88 Å². The molecule has 1 amide bonds. The van der Waals surface area contributed by atoms with Crippen molar-refractivity contribution in [2.75, 3.05) is 0 Å². The molecule has 3 nitrogen and oxygen atoms in total. The van der Waals surface area contributed by atoms with Crippen LogP contribution in [0.15, 0.2) is 15.9 Å². The molecule has 0 radical (unpaired) electrons. The number of hydrogen-bond acceptors (Lipinski definition) is 3. The first-order chi connectivity index (χ1) is 9.09. The molecular weight excluding hydrogens is 344 g/mol. The maximum atomic E-state index is 12.2. The highest BCUT2D eigenvalue weighted by molar-refractivity contribution is 9.10. The molecule has 1 fully saturated rings. The lowest BCUT2D eigenvalue weighted by Gasteiger charge is -2.30. The molecule has 0 spiro atoms. The molecule has 0 bridgehead atoms. The Bertz CT molecular complexity index is 469. The summed E-state index contributed by atoms with van der Waals surface area (Å²) in [6.07, 6.45) is 5.84. The SMILES string of the molecule is NC(=S)C(NC(=O)c1sccc1Br)C1CCCCC1. The lowest BCUT2D eigenvalue weighted by Crippen LogP contribution is -2.48. The van der Waals surface area contributed by atoms with E-state index in [-0.39, 0.29) is 11.9 Å². The molecule has 19 heavy (non-hydrogen) atoms. The second-order valence-corrected chi connectivity index (χ2v) is 7.09. The summed E-state index contributed by atoms with van der Waals surface area (Å²) in [5.74, 6) is 0.291. The van der Waals surface area contributed by atoms with Gasteiger partial charge in [-0.2, -0.15) is 0 Å². The molecule has 104 valence electrons. The van der Waals surface area contributed by atoms with Gasteiger partial charge in [-0.15, -0.1) is 11.3 Å². The summed E-state index contributed by atoms with van der Waals surface area (Å²) in [5, 5.41) is 4.89. The van der Waals surface area contributed by atoms with Gasteiger partial charge in [0.2, 0.25) is 0 Å². The maximum absolute atomic E-state index is 12.2. The fraction of sp³-hybridized carbons (Fsp3) is 0.538. The summed E-state index contributed by atoms with van der Waals surface area (Å²) in [5.41, 5.74) is 5.82.